The Labute approximate surface area is 83.1 Å². The summed E-state index contributed by atoms with van der Waals surface area (Å²) in [6.45, 7) is 2.21. The van der Waals surface area contributed by atoms with Gasteiger partial charge in [0.05, 0.1) is 0 Å². The summed E-state index contributed by atoms with van der Waals surface area (Å²) >= 11 is 1.82. The molecule has 1 saturated heterocycles. The predicted molar refractivity (Wildman–Crippen MR) is 56.9 cm³/mol. The molecule has 0 aromatic carbocycles. The molecule has 0 bridgehead atoms. The number of hydrogen-bond acceptors (Lipinski definition) is 3. The minimum absolute atomic E-state index is 0.364. The number of nitrogens with two attached hydrogens (primary N) is 1. The van der Waals surface area contributed by atoms with Crippen molar-refractivity contribution in [2.75, 3.05) is 0 Å². The second-order valence-corrected chi connectivity index (χ2v) is 4.85. The lowest BCUT2D eigenvalue weighted by atomic mass is 9.94. The molecule has 0 aliphatic carbocycles. The highest BCUT2D eigenvalue weighted by atomic mass is 32.1. The third kappa shape index (κ3) is 2.10. The molecule has 2 nitrogen and oxygen atoms in total. The quantitative estimate of drug-likeness (QED) is 0.720. The minimum atomic E-state index is 0.364. The Morgan fingerprint density at radius 3 is 3.00 bits per heavy atom. The molecule has 1 fully saturated rings. The van der Waals surface area contributed by atoms with Crippen LogP contribution in [0.25, 0.3) is 0 Å². The van der Waals surface area contributed by atoms with E-state index in [0.717, 1.165) is 12.8 Å². The molecule has 0 saturated carbocycles. The van der Waals surface area contributed by atoms with Gasteiger partial charge in [0.2, 0.25) is 0 Å². The van der Waals surface area contributed by atoms with Gasteiger partial charge in [0.25, 0.3) is 0 Å². The molecule has 72 valence electrons. The number of hydrogen-bond donors (Lipinski definition) is 2. The number of thiophene rings is 1. The molecule has 0 radical (unpaired) electrons. The molecule has 2 heterocycles. The summed E-state index contributed by atoms with van der Waals surface area (Å²) in [5.41, 5.74) is 5.99. The van der Waals surface area contributed by atoms with Crippen molar-refractivity contribution in [2.45, 2.75) is 37.9 Å². The molecule has 1 aromatic rings. The van der Waals surface area contributed by atoms with Crippen LogP contribution in [0.1, 0.15) is 30.7 Å². The topological polar surface area (TPSA) is 38.0 Å². The van der Waals surface area contributed by atoms with E-state index in [0.29, 0.717) is 18.1 Å². The molecule has 0 spiro atoms. The van der Waals surface area contributed by atoms with Crippen LogP contribution in [0.5, 0.6) is 0 Å². The number of nitrogens with one attached hydrogen (secondary N) is 1. The van der Waals surface area contributed by atoms with E-state index in [-0.39, 0.29) is 0 Å². The molecule has 0 unspecified atom stereocenters. The van der Waals surface area contributed by atoms with Gasteiger partial charge in [-0.25, -0.2) is 0 Å². The van der Waals surface area contributed by atoms with Crippen LogP contribution in [0.15, 0.2) is 17.5 Å². The van der Waals surface area contributed by atoms with Crippen LogP contribution in [0.2, 0.25) is 0 Å². The lowest BCUT2D eigenvalue weighted by Crippen LogP contribution is -2.43. The van der Waals surface area contributed by atoms with Crippen molar-refractivity contribution in [3.05, 3.63) is 22.4 Å². The smallest absolute Gasteiger partial charge is 0.0431 e. The SMILES string of the molecule is C[C@H]1C[C@@H](N)C[C@@H](c2cccs2)N1. The summed E-state index contributed by atoms with van der Waals surface area (Å²) in [4.78, 5) is 1.42. The molecule has 1 aliphatic rings. The van der Waals surface area contributed by atoms with Gasteiger partial charge in [0.1, 0.15) is 0 Å². The van der Waals surface area contributed by atoms with Gasteiger partial charge >= 0.3 is 0 Å². The van der Waals surface area contributed by atoms with Gasteiger partial charge in [-0.15, -0.1) is 11.3 Å². The molecule has 0 amide bonds. The van der Waals surface area contributed by atoms with E-state index in [9.17, 15) is 0 Å². The summed E-state index contributed by atoms with van der Waals surface area (Å²) < 4.78 is 0. The predicted octanol–water partition coefficient (Wildman–Crippen LogP) is 1.89. The van der Waals surface area contributed by atoms with Crippen LogP contribution in [-0.4, -0.2) is 12.1 Å². The summed E-state index contributed by atoms with van der Waals surface area (Å²) in [6, 6.07) is 5.69. The Morgan fingerprint density at radius 1 is 1.54 bits per heavy atom. The van der Waals surface area contributed by atoms with Gasteiger partial charge in [-0.05, 0) is 31.2 Å². The average molecular weight is 196 g/mol. The van der Waals surface area contributed by atoms with Gasteiger partial charge < -0.3 is 11.1 Å². The third-order valence-corrected chi connectivity index (χ3v) is 3.55. The summed E-state index contributed by atoms with van der Waals surface area (Å²) in [5, 5.41) is 5.71. The summed E-state index contributed by atoms with van der Waals surface area (Å²) in [6.07, 6.45) is 2.17. The van der Waals surface area contributed by atoms with Crippen molar-refractivity contribution in [3.63, 3.8) is 0 Å². The second kappa shape index (κ2) is 3.78. The van der Waals surface area contributed by atoms with E-state index in [1.54, 1.807) is 0 Å². The Balaban J connectivity index is 2.07. The lowest BCUT2D eigenvalue weighted by Gasteiger charge is -2.32. The van der Waals surface area contributed by atoms with Crippen molar-refractivity contribution < 1.29 is 0 Å². The van der Waals surface area contributed by atoms with Crippen LogP contribution in [0.4, 0.5) is 0 Å². The molecule has 3 heteroatoms. The normalized spacial score (nSPS) is 34.8. The molecule has 13 heavy (non-hydrogen) atoms. The largest absolute Gasteiger partial charge is 0.328 e. The zero-order chi connectivity index (χ0) is 9.26. The Morgan fingerprint density at radius 2 is 2.38 bits per heavy atom. The van der Waals surface area contributed by atoms with Gasteiger partial charge in [-0.3, -0.25) is 0 Å². The van der Waals surface area contributed by atoms with Gasteiger partial charge in [0, 0.05) is 23.0 Å². The zero-order valence-corrected chi connectivity index (χ0v) is 8.68. The van der Waals surface area contributed by atoms with Crippen LogP contribution >= 0.6 is 11.3 Å². The van der Waals surface area contributed by atoms with E-state index in [1.807, 2.05) is 11.3 Å². The fourth-order valence-electron chi connectivity index (χ4n) is 2.02. The number of piperidine rings is 1. The van der Waals surface area contributed by atoms with E-state index in [4.69, 9.17) is 5.73 Å². The number of rotatable bonds is 1. The maximum absolute atomic E-state index is 5.99. The van der Waals surface area contributed by atoms with Crippen LogP contribution in [-0.2, 0) is 0 Å². The van der Waals surface area contributed by atoms with Gasteiger partial charge in [-0.1, -0.05) is 6.07 Å². The standard InChI is InChI=1S/C10H16N2S/c1-7-5-8(11)6-9(12-7)10-3-2-4-13-10/h2-4,7-9,12H,5-6,11H2,1H3/t7-,8+,9-/m0/s1. The molecule has 1 aromatic heterocycles. The highest BCUT2D eigenvalue weighted by molar-refractivity contribution is 7.10. The highest BCUT2D eigenvalue weighted by Crippen LogP contribution is 2.27. The molecule has 1 aliphatic heterocycles. The van der Waals surface area contributed by atoms with Gasteiger partial charge in [0.15, 0.2) is 0 Å². The van der Waals surface area contributed by atoms with Crippen LogP contribution in [0, 0.1) is 0 Å². The first kappa shape index (κ1) is 9.19. The van der Waals surface area contributed by atoms with E-state index in [2.05, 4.69) is 29.8 Å². The van der Waals surface area contributed by atoms with Crippen LogP contribution < -0.4 is 11.1 Å². The van der Waals surface area contributed by atoms with Crippen molar-refractivity contribution in [1.29, 1.82) is 0 Å². The molecular weight excluding hydrogens is 180 g/mol. The Hall–Kier alpha value is -0.380. The van der Waals surface area contributed by atoms with Crippen molar-refractivity contribution in [1.82, 2.24) is 5.32 Å². The van der Waals surface area contributed by atoms with E-state index < -0.39 is 0 Å². The summed E-state index contributed by atoms with van der Waals surface area (Å²) in [5.74, 6) is 0. The van der Waals surface area contributed by atoms with E-state index >= 15 is 0 Å². The van der Waals surface area contributed by atoms with Gasteiger partial charge in [-0.2, -0.15) is 0 Å². The second-order valence-electron chi connectivity index (χ2n) is 3.87. The molecular formula is C10H16N2S. The fourth-order valence-corrected chi connectivity index (χ4v) is 2.82. The first-order valence-electron chi connectivity index (χ1n) is 4.80. The zero-order valence-electron chi connectivity index (χ0n) is 7.86. The molecule has 3 atom stereocenters. The highest BCUT2D eigenvalue weighted by Gasteiger charge is 2.24. The lowest BCUT2D eigenvalue weighted by molar-refractivity contribution is 0.310. The fraction of sp³-hybridized carbons (Fsp3) is 0.600. The Bertz CT molecular complexity index is 248. The summed E-state index contributed by atoms with van der Waals surface area (Å²) in [7, 11) is 0. The third-order valence-electron chi connectivity index (χ3n) is 2.57. The van der Waals surface area contributed by atoms with E-state index in [1.165, 1.54) is 4.88 Å². The monoisotopic (exact) mass is 196 g/mol. The maximum Gasteiger partial charge on any atom is 0.0431 e. The molecule has 2 rings (SSSR count). The van der Waals surface area contributed by atoms with Crippen molar-refractivity contribution in [3.8, 4) is 0 Å². The average Bonchev–Trinajstić information content (AvgIpc) is 2.53. The minimum Gasteiger partial charge on any atom is -0.328 e. The Kier molecular flexibility index (Phi) is 2.67. The first-order valence-corrected chi connectivity index (χ1v) is 5.68. The van der Waals surface area contributed by atoms with Crippen molar-refractivity contribution >= 4 is 11.3 Å². The molecule has 3 N–H and O–H groups in total. The van der Waals surface area contributed by atoms with Crippen molar-refractivity contribution in [2.24, 2.45) is 5.73 Å². The van der Waals surface area contributed by atoms with Crippen LogP contribution in [0.3, 0.4) is 0 Å². The first-order chi connectivity index (χ1) is 6.25. The maximum atomic E-state index is 5.99.